The molecule has 18 heavy (non-hydrogen) atoms. The van der Waals surface area contributed by atoms with Crippen LogP contribution in [0.3, 0.4) is 0 Å². The van der Waals surface area contributed by atoms with Crippen LogP contribution in [0.25, 0.3) is 0 Å². The minimum atomic E-state index is 0.816. The van der Waals surface area contributed by atoms with Crippen LogP contribution in [-0.2, 0) is 6.54 Å². The standard InChI is InChI=1S/C14H12ClIN2/c15-11-6-14-13(7-12(11)16)17-9-18(14)8-10-4-2-1-3-5-10/h1-7,17H,8-9H2. The van der Waals surface area contributed by atoms with E-state index in [1.54, 1.807) is 0 Å². The van der Waals surface area contributed by atoms with Gasteiger partial charge in [-0.25, -0.2) is 0 Å². The van der Waals surface area contributed by atoms with Crippen LogP contribution in [-0.4, -0.2) is 6.67 Å². The molecule has 2 aromatic carbocycles. The molecule has 0 radical (unpaired) electrons. The van der Waals surface area contributed by atoms with E-state index >= 15 is 0 Å². The van der Waals surface area contributed by atoms with Crippen LogP contribution in [0, 0.1) is 3.57 Å². The van der Waals surface area contributed by atoms with E-state index in [4.69, 9.17) is 11.6 Å². The van der Waals surface area contributed by atoms with Gasteiger partial charge in [0.2, 0.25) is 0 Å². The van der Waals surface area contributed by atoms with Crippen LogP contribution in [0.1, 0.15) is 5.56 Å². The maximum atomic E-state index is 6.20. The highest BCUT2D eigenvalue weighted by atomic mass is 127. The minimum absolute atomic E-state index is 0.816. The lowest BCUT2D eigenvalue weighted by Crippen LogP contribution is -2.21. The Hall–Kier alpha value is -0.940. The fraction of sp³-hybridized carbons (Fsp3) is 0.143. The molecule has 3 rings (SSSR count). The molecule has 2 nitrogen and oxygen atoms in total. The number of nitrogens with one attached hydrogen (secondary N) is 1. The first-order valence-corrected chi connectivity index (χ1v) is 7.21. The second-order valence-electron chi connectivity index (χ2n) is 4.30. The van der Waals surface area contributed by atoms with E-state index in [9.17, 15) is 0 Å². The Balaban J connectivity index is 1.89. The van der Waals surface area contributed by atoms with Crippen molar-refractivity contribution in [2.24, 2.45) is 0 Å². The summed E-state index contributed by atoms with van der Waals surface area (Å²) in [6, 6.07) is 14.6. The van der Waals surface area contributed by atoms with E-state index in [1.807, 2.05) is 12.1 Å². The molecule has 0 saturated heterocycles. The van der Waals surface area contributed by atoms with Crippen LogP contribution < -0.4 is 10.2 Å². The molecule has 0 saturated carbocycles. The van der Waals surface area contributed by atoms with Crippen LogP contribution in [0.4, 0.5) is 11.4 Å². The fourth-order valence-electron chi connectivity index (χ4n) is 2.15. The Bertz CT molecular complexity index is 572. The molecule has 92 valence electrons. The number of halogens is 2. The van der Waals surface area contributed by atoms with Gasteiger partial charge in [0.25, 0.3) is 0 Å². The molecule has 0 spiro atoms. The maximum Gasteiger partial charge on any atom is 0.0881 e. The molecule has 0 aromatic heterocycles. The van der Waals surface area contributed by atoms with E-state index in [-0.39, 0.29) is 0 Å². The maximum absolute atomic E-state index is 6.20. The first-order valence-electron chi connectivity index (χ1n) is 5.76. The number of nitrogens with zero attached hydrogens (tertiary/aromatic N) is 1. The topological polar surface area (TPSA) is 15.3 Å². The van der Waals surface area contributed by atoms with Gasteiger partial charge in [0.1, 0.15) is 0 Å². The third kappa shape index (κ3) is 2.29. The predicted molar refractivity (Wildman–Crippen MR) is 85.3 cm³/mol. The molecule has 0 atom stereocenters. The summed E-state index contributed by atoms with van der Waals surface area (Å²) in [6.45, 7) is 1.73. The Labute approximate surface area is 125 Å². The van der Waals surface area contributed by atoms with Crippen molar-refractivity contribution in [3.8, 4) is 0 Å². The lowest BCUT2D eigenvalue weighted by molar-refractivity contribution is 0.872. The monoisotopic (exact) mass is 370 g/mol. The summed E-state index contributed by atoms with van der Waals surface area (Å²) in [5.41, 5.74) is 3.66. The average molecular weight is 371 g/mol. The molecular formula is C14H12ClIN2. The number of hydrogen-bond donors (Lipinski definition) is 1. The fourth-order valence-corrected chi connectivity index (χ4v) is 2.78. The molecule has 2 aromatic rings. The molecule has 0 amide bonds. The summed E-state index contributed by atoms with van der Waals surface area (Å²) in [6.07, 6.45) is 0. The summed E-state index contributed by atoms with van der Waals surface area (Å²) in [5.74, 6) is 0. The predicted octanol–water partition coefficient (Wildman–Crippen LogP) is 4.33. The van der Waals surface area contributed by atoms with Crippen molar-refractivity contribution in [1.82, 2.24) is 0 Å². The smallest absolute Gasteiger partial charge is 0.0881 e. The Morgan fingerprint density at radius 1 is 1.22 bits per heavy atom. The normalized spacial score (nSPS) is 13.3. The van der Waals surface area contributed by atoms with Crippen molar-refractivity contribution in [2.75, 3.05) is 16.9 Å². The molecule has 1 heterocycles. The van der Waals surface area contributed by atoms with E-state index in [1.165, 1.54) is 16.9 Å². The Morgan fingerprint density at radius 3 is 2.78 bits per heavy atom. The quantitative estimate of drug-likeness (QED) is 0.791. The zero-order valence-electron chi connectivity index (χ0n) is 9.66. The van der Waals surface area contributed by atoms with Gasteiger partial charge in [-0.1, -0.05) is 41.9 Å². The number of rotatable bonds is 2. The third-order valence-electron chi connectivity index (χ3n) is 3.06. The van der Waals surface area contributed by atoms with Crippen molar-refractivity contribution in [1.29, 1.82) is 0 Å². The molecule has 1 N–H and O–H groups in total. The highest BCUT2D eigenvalue weighted by Gasteiger charge is 2.20. The number of hydrogen-bond acceptors (Lipinski definition) is 2. The van der Waals surface area contributed by atoms with E-state index in [2.05, 4.69) is 63.1 Å². The van der Waals surface area contributed by atoms with Crippen molar-refractivity contribution >= 4 is 45.6 Å². The lowest BCUT2D eigenvalue weighted by Gasteiger charge is -2.18. The molecule has 4 heteroatoms. The van der Waals surface area contributed by atoms with Gasteiger partial charge in [-0.05, 0) is 40.3 Å². The van der Waals surface area contributed by atoms with Gasteiger partial charge in [0.15, 0.2) is 0 Å². The summed E-state index contributed by atoms with van der Waals surface area (Å²) in [4.78, 5) is 2.30. The number of fused-ring (bicyclic) bond motifs is 1. The van der Waals surface area contributed by atoms with E-state index in [0.29, 0.717) is 0 Å². The molecule has 0 fully saturated rings. The SMILES string of the molecule is Clc1cc2c(cc1I)NCN2Cc1ccccc1. The molecule has 1 aliphatic heterocycles. The van der Waals surface area contributed by atoms with Gasteiger partial charge in [-0.2, -0.15) is 0 Å². The summed E-state index contributed by atoms with van der Waals surface area (Å²) >= 11 is 8.46. The first kappa shape index (κ1) is 12.1. The van der Waals surface area contributed by atoms with Crippen LogP contribution in [0.15, 0.2) is 42.5 Å². The third-order valence-corrected chi connectivity index (χ3v) is 4.58. The average Bonchev–Trinajstić information content (AvgIpc) is 2.74. The Kier molecular flexibility index (Phi) is 3.35. The second kappa shape index (κ2) is 4.97. The molecular weight excluding hydrogens is 359 g/mol. The van der Waals surface area contributed by atoms with Crippen molar-refractivity contribution in [2.45, 2.75) is 6.54 Å². The largest absolute Gasteiger partial charge is 0.366 e. The second-order valence-corrected chi connectivity index (χ2v) is 5.87. The lowest BCUT2D eigenvalue weighted by atomic mass is 10.2. The zero-order chi connectivity index (χ0) is 12.5. The summed E-state index contributed by atoms with van der Waals surface area (Å²) < 4.78 is 1.09. The molecule has 0 bridgehead atoms. The van der Waals surface area contributed by atoms with Crippen molar-refractivity contribution < 1.29 is 0 Å². The van der Waals surface area contributed by atoms with Crippen LogP contribution >= 0.6 is 34.2 Å². The van der Waals surface area contributed by atoms with Gasteiger partial charge in [0.05, 0.1) is 23.1 Å². The van der Waals surface area contributed by atoms with Gasteiger partial charge in [-0.15, -0.1) is 0 Å². The van der Waals surface area contributed by atoms with E-state index < -0.39 is 0 Å². The number of benzene rings is 2. The van der Waals surface area contributed by atoms with Crippen molar-refractivity contribution in [3.63, 3.8) is 0 Å². The zero-order valence-corrected chi connectivity index (χ0v) is 12.6. The highest BCUT2D eigenvalue weighted by molar-refractivity contribution is 14.1. The molecule has 1 aliphatic rings. The summed E-state index contributed by atoms with van der Waals surface area (Å²) in [5, 5.41) is 4.22. The van der Waals surface area contributed by atoms with Gasteiger partial charge in [-0.3, -0.25) is 0 Å². The van der Waals surface area contributed by atoms with Crippen LogP contribution in [0.5, 0.6) is 0 Å². The number of anilines is 2. The van der Waals surface area contributed by atoms with Gasteiger partial charge >= 0.3 is 0 Å². The summed E-state index contributed by atoms with van der Waals surface area (Å²) in [7, 11) is 0. The van der Waals surface area contributed by atoms with E-state index in [0.717, 1.165) is 21.8 Å². The minimum Gasteiger partial charge on any atom is -0.366 e. The van der Waals surface area contributed by atoms with Gasteiger partial charge < -0.3 is 10.2 Å². The Morgan fingerprint density at radius 2 is 2.00 bits per heavy atom. The first-order chi connectivity index (χ1) is 8.74. The van der Waals surface area contributed by atoms with Crippen molar-refractivity contribution in [3.05, 3.63) is 56.6 Å². The van der Waals surface area contributed by atoms with Gasteiger partial charge in [0, 0.05) is 10.1 Å². The van der Waals surface area contributed by atoms with Crippen LogP contribution in [0.2, 0.25) is 5.02 Å². The molecule has 0 unspecified atom stereocenters. The molecule has 0 aliphatic carbocycles. The highest BCUT2D eigenvalue weighted by Crippen LogP contribution is 2.37.